The summed E-state index contributed by atoms with van der Waals surface area (Å²) >= 11 is 5.83. The highest BCUT2D eigenvalue weighted by Crippen LogP contribution is 2.14. The minimum Gasteiger partial charge on any atom is -0.356 e. The number of fused-ring (bicyclic) bond motifs is 1. The van der Waals surface area contributed by atoms with Crippen LogP contribution in [-0.2, 0) is 19.5 Å². The van der Waals surface area contributed by atoms with Crippen LogP contribution in [0.4, 0.5) is 0 Å². The molecule has 4 aromatic rings. The molecule has 2 heterocycles. The van der Waals surface area contributed by atoms with Gasteiger partial charge < -0.3 is 15.2 Å². The van der Waals surface area contributed by atoms with Crippen LogP contribution in [0.1, 0.15) is 16.7 Å². The van der Waals surface area contributed by atoms with Crippen LogP contribution in [0.25, 0.3) is 11.0 Å². The molecule has 0 unspecified atom stereocenters. The molecule has 0 aliphatic heterocycles. The highest BCUT2D eigenvalue weighted by Gasteiger charge is 2.03. The van der Waals surface area contributed by atoms with E-state index in [9.17, 15) is 0 Å². The third-order valence-electron chi connectivity index (χ3n) is 5.08. The highest BCUT2D eigenvalue weighted by atomic mass is 35.5. The predicted molar refractivity (Wildman–Crippen MR) is 126 cm³/mol. The second-order valence-electron chi connectivity index (χ2n) is 7.27. The first-order valence-electron chi connectivity index (χ1n) is 10.2. The van der Waals surface area contributed by atoms with Crippen LogP contribution in [0, 0.1) is 0 Å². The van der Waals surface area contributed by atoms with Crippen molar-refractivity contribution in [2.45, 2.75) is 19.5 Å². The first-order valence-corrected chi connectivity index (χ1v) is 10.6. The number of pyridine rings is 1. The van der Waals surface area contributed by atoms with Gasteiger partial charge in [-0.15, -0.1) is 0 Å². The lowest BCUT2D eigenvalue weighted by Gasteiger charge is -2.12. The summed E-state index contributed by atoms with van der Waals surface area (Å²) in [4.78, 5) is 12.9. The Hall–Kier alpha value is -3.38. The van der Waals surface area contributed by atoms with Gasteiger partial charge in [-0.05, 0) is 41.3 Å². The maximum atomic E-state index is 5.83. The number of guanidine groups is 1. The van der Waals surface area contributed by atoms with Gasteiger partial charge in [0.2, 0.25) is 0 Å². The molecule has 4 rings (SSSR count). The van der Waals surface area contributed by atoms with Crippen LogP contribution in [0.2, 0.25) is 5.15 Å². The zero-order valence-electron chi connectivity index (χ0n) is 17.4. The third kappa shape index (κ3) is 5.61. The van der Waals surface area contributed by atoms with Crippen LogP contribution in [0.3, 0.4) is 0 Å². The van der Waals surface area contributed by atoms with E-state index in [1.807, 2.05) is 36.7 Å². The summed E-state index contributed by atoms with van der Waals surface area (Å²) in [6, 6.07) is 20.6. The van der Waals surface area contributed by atoms with E-state index in [0.717, 1.165) is 42.1 Å². The topological polar surface area (TPSA) is 67.1 Å². The normalized spacial score (nSPS) is 11.6. The number of aliphatic imine (C=N–C) groups is 1. The fraction of sp³-hybridized carbons (Fsp3) is 0.208. The van der Waals surface area contributed by atoms with Crippen molar-refractivity contribution in [3.8, 4) is 0 Å². The molecule has 6 nitrogen and oxygen atoms in total. The van der Waals surface area contributed by atoms with Crippen molar-refractivity contribution in [2.75, 3.05) is 13.6 Å². The molecule has 2 N–H and O–H groups in total. The van der Waals surface area contributed by atoms with Gasteiger partial charge >= 0.3 is 0 Å². The summed E-state index contributed by atoms with van der Waals surface area (Å²) in [6.07, 6.45) is 4.55. The number of para-hydroxylation sites is 2. The SMILES string of the molecule is CN=C(NCCc1ccc(Cl)nc1)NCc1ccc(Cn2cnc3ccccc32)cc1. The zero-order valence-corrected chi connectivity index (χ0v) is 18.2. The number of hydrogen-bond acceptors (Lipinski definition) is 3. The summed E-state index contributed by atoms with van der Waals surface area (Å²) in [5.41, 5.74) is 5.75. The molecule has 0 amide bonds. The summed E-state index contributed by atoms with van der Waals surface area (Å²) in [6.45, 7) is 2.27. The summed E-state index contributed by atoms with van der Waals surface area (Å²) in [7, 11) is 1.78. The lowest BCUT2D eigenvalue weighted by Crippen LogP contribution is -2.37. The van der Waals surface area contributed by atoms with Gasteiger partial charge in [0.1, 0.15) is 5.15 Å². The number of halogens is 1. The van der Waals surface area contributed by atoms with Crippen molar-refractivity contribution in [1.29, 1.82) is 0 Å². The Labute approximate surface area is 187 Å². The van der Waals surface area contributed by atoms with Gasteiger partial charge in [-0.1, -0.05) is 54.1 Å². The molecule has 0 aliphatic rings. The van der Waals surface area contributed by atoms with E-state index in [1.165, 1.54) is 11.1 Å². The molecule has 0 aliphatic carbocycles. The molecule has 0 bridgehead atoms. The van der Waals surface area contributed by atoms with Gasteiger partial charge in [-0.25, -0.2) is 9.97 Å². The second-order valence-corrected chi connectivity index (χ2v) is 7.66. The zero-order chi connectivity index (χ0) is 21.5. The van der Waals surface area contributed by atoms with Gasteiger partial charge in [0, 0.05) is 32.9 Å². The van der Waals surface area contributed by atoms with Gasteiger partial charge in [0.15, 0.2) is 5.96 Å². The van der Waals surface area contributed by atoms with Crippen molar-refractivity contribution >= 4 is 28.6 Å². The third-order valence-corrected chi connectivity index (χ3v) is 5.31. The molecule has 2 aromatic carbocycles. The average Bonchev–Trinajstić information content (AvgIpc) is 3.21. The molecule has 31 heavy (non-hydrogen) atoms. The van der Waals surface area contributed by atoms with E-state index in [0.29, 0.717) is 11.7 Å². The second kappa shape index (κ2) is 10.1. The van der Waals surface area contributed by atoms with E-state index < -0.39 is 0 Å². The Bertz CT molecular complexity index is 1150. The number of benzene rings is 2. The smallest absolute Gasteiger partial charge is 0.191 e. The van der Waals surface area contributed by atoms with Gasteiger partial charge in [0.05, 0.1) is 17.4 Å². The van der Waals surface area contributed by atoms with Gasteiger partial charge in [-0.3, -0.25) is 4.99 Å². The molecule has 7 heteroatoms. The number of nitrogens with zero attached hydrogens (tertiary/aromatic N) is 4. The Balaban J connectivity index is 1.26. The molecular formula is C24H25ClN6. The molecule has 0 spiro atoms. The van der Waals surface area contributed by atoms with E-state index in [1.54, 1.807) is 13.2 Å². The van der Waals surface area contributed by atoms with Crippen LogP contribution >= 0.6 is 11.6 Å². The molecule has 158 valence electrons. The minimum absolute atomic E-state index is 0.513. The van der Waals surface area contributed by atoms with Crippen molar-refractivity contribution in [3.05, 3.63) is 95.0 Å². The Kier molecular flexibility index (Phi) is 6.79. The molecule has 0 saturated carbocycles. The fourth-order valence-electron chi connectivity index (χ4n) is 3.38. The van der Waals surface area contributed by atoms with E-state index in [4.69, 9.17) is 11.6 Å². The van der Waals surface area contributed by atoms with E-state index in [-0.39, 0.29) is 0 Å². The van der Waals surface area contributed by atoms with E-state index in [2.05, 4.69) is 60.5 Å². The average molecular weight is 433 g/mol. The Morgan fingerprint density at radius 3 is 2.48 bits per heavy atom. The van der Waals surface area contributed by atoms with Crippen molar-refractivity contribution < 1.29 is 0 Å². The largest absolute Gasteiger partial charge is 0.356 e. The number of nitrogens with one attached hydrogen (secondary N) is 2. The van der Waals surface area contributed by atoms with Gasteiger partial charge in [0.25, 0.3) is 0 Å². The molecular weight excluding hydrogens is 408 g/mol. The first kappa shape index (κ1) is 20.9. The van der Waals surface area contributed by atoms with Crippen LogP contribution < -0.4 is 10.6 Å². The first-order chi connectivity index (χ1) is 15.2. The van der Waals surface area contributed by atoms with Crippen LogP contribution in [0.15, 0.2) is 78.2 Å². The molecule has 0 saturated heterocycles. The highest BCUT2D eigenvalue weighted by molar-refractivity contribution is 6.29. The van der Waals surface area contributed by atoms with Gasteiger partial charge in [-0.2, -0.15) is 0 Å². The quantitative estimate of drug-likeness (QED) is 0.263. The number of rotatable bonds is 7. The summed E-state index contributed by atoms with van der Waals surface area (Å²) < 4.78 is 2.17. The predicted octanol–water partition coefficient (Wildman–Crippen LogP) is 4.04. The number of aromatic nitrogens is 3. The maximum Gasteiger partial charge on any atom is 0.191 e. The maximum absolute atomic E-state index is 5.83. The number of hydrogen-bond donors (Lipinski definition) is 2. The summed E-state index contributed by atoms with van der Waals surface area (Å²) in [5.74, 6) is 0.774. The standard InChI is InChI=1S/C24H25ClN6/c1-26-24(27-13-12-19-10-11-23(25)28-14-19)29-15-18-6-8-20(9-7-18)16-31-17-30-21-4-2-3-5-22(21)31/h2-11,14,17H,12-13,15-16H2,1H3,(H2,26,27,29). The minimum atomic E-state index is 0.513. The lowest BCUT2D eigenvalue weighted by atomic mass is 10.1. The lowest BCUT2D eigenvalue weighted by molar-refractivity contribution is 0.791. The van der Waals surface area contributed by atoms with Crippen LogP contribution in [-0.4, -0.2) is 34.1 Å². The molecule has 0 atom stereocenters. The van der Waals surface area contributed by atoms with Crippen LogP contribution in [0.5, 0.6) is 0 Å². The number of imidazole rings is 1. The Morgan fingerprint density at radius 1 is 0.935 bits per heavy atom. The fourth-order valence-corrected chi connectivity index (χ4v) is 3.49. The Morgan fingerprint density at radius 2 is 1.71 bits per heavy atom. The molecule has 2 aromatic heterocycles. The monoisotopic (exact) mass is 432 g/mol. The van der Waals surface area contributed by atoms with Crippen molar-refractivity contribution in [2.24, 2.45) is 4.99 Å². The molecule has 0 fully saturated rings. The molecule has 0 radical (unpaired) electrons. The van der Waals surface area contributed by atoms with Crippen molar-refractivity contribution in [1.82, 2.24) is 25.2 Å². The van der Waals surface area contributed by atoms with E-state index >= 15 is 0 Å². The van der Waals surface area contributed by atoms with Crippen molar-refractivity contribution in [3.63, 3.8) is 0 Å². The summed E-state index contributed by atoms with van der Waals surface area (Å²) in [5, 5.41) is 7.20.